The van der Waals surface area contributed by atoms with E-state index in [9.17, 15) is 15.5 Å². The van der Waals surface area contributed by atoms with Crippen molar-refractivity contribution in [2.75, 3.05) is 18.0 Å². The normalized spacial score (nSPS) is 15.6. The Labute approximate surface area is 185 Å². The molecule has 2 N–H and O–H groups in total. The summed E-state index contributed by atoms with van der Waals surface area (Å²) in [5.74, 6) is 0.895. The Hall–Kier alpha value is -3.96. The van der Waals surface area contributed by atoms with Crippen molar-refractivity contribution >= 4 is 11.3 Å². The minimum atomic E-state index is -0.756. The summed E-state index contributed by atoms with van der Waals surface area (Å²) in [6, 6.07) is 13.4. The molecule has 0 aromatic carbocycles. The molecule has 0 unspecified atom stereocenters. The third kappa shape index (κ3) is 3.74. The number of nitrogens with zero attached hydrogens (tertiary/aromatic N) is 6. The lowest BCUT2D eigenvalue weighted by atomic mass is 9.87. The first-order valence-corrected chi connectivity index (χ1v) is 10.5. The Bertz CT molecular complexity index is 1290. The highest BCUT2D eigenvalue weighted by molar-refractivity contribution is 5.85. The van der Waals surface area contributed by atoms with E-state index >= 15 is 0 Å². The quantitative estimate of drug-likeness (QED) is 0.516. The van der Waals surface area contributed by atoms with Crippen molar-refractivity contribution in [1.82, 2.24) is 19.6 Å². The molecular weight excluding hydrogens is 404 g/mol. The van der Waals surface area contributed by atoms with Crippen LogP contribution >= 0.6 is 0 Å². The second-order valence-electron chi connectivity index (χ2n) is 8.19. The number of nitriles is 1. The minimum absolute atomic E-state index is 0.0624. The molecule has 5 rings (SSSR count). The Morgan fingerprint density at radius 3 is 2.62 bits per heavy atom. The maximum absolute atomic E-state index is 11.0. The molecule has 0 saturated carbocycles. The van der Waals surface area contributed by atoms with E-state index in [2.05, 4.69) is 26.0 Å². The van der Waals surface area contributed by atoms with E-state index in [4.69, 9.17) is 0 Å². The molecule has 8 heteroatoms. The predicted octanol–water partition coefficient (Wildman–Crippen LogP) is 2.94. The first kappa shape index (κ1) is 20.0. The molecule has 8 nitrogen and oxygen atoms in total. The number of aromatic hydroxyl groups is 1. The van der Waals surface area contributed by atoms with Crippen molar-refractivity contribution in [3.63, 3.8) is 0 Å². The number of hydrogen-bond donors (Lipinski definition) is 2. The van der Waals surface area contributed by atoms with Crippen molar-refractivity contribution in [1.29, 1.82) is 5.26 Å². The van der Waals surface area contributed by atoms with E-state index < -0.39 is 5.60 Å². The second-order valence-corrected chi connectivity index (χ2v) is 8.19. The van der Waals surface area contributed by atoms with Crippen molar-refractivity contribution in [3.8, 4) is 22.9 Å². The van der Waals surface area contributed by atoms with Gasteiger partial charge in [-0.2, -0.15) is 10.4 Å². The van der Waals surface area contributed by atoms with Gasteiger partial charge in [0.1, 0.15) is 17.6 Å². The van der Waals surface area contributed by atoms with E-state index in [1.54, 1.807) is 18.5 Å². The molecule has 4 aromatic heterocycles. The zero-order valence-corrected chi connectivity index (χ0v) is 17.4. The van der Waals surface area contributed by atoms with Gasteiger partial charge in [0, 0.05) is 48.7 Å². The summed E-state index contributed by atoms with van der Waals surface area (Å²) in [7, 11) is 0. The highest BCUT2D eigenvalue weighted by Gasteiger charge is 2.33. The van der Waals surface area contributed by atoms with Crippen LogP contribution in [0.1, 0.15) is 24.1 Å². The number of aromatic nitrogens is 4. The fourth-order valence-electron chi connectivity index (χ4n) is 4.31. The summed E-state index contributed by atoms with van der Waals surface area (Å²) in [6.07, 6.45) is 8.29. The van der Waals surface area contributed by atoms with Gasteiger partial charge in [0.2, 0.25) is 0 Å². The van der Waals surface area contributed by atoms with Crippen LogP contribution in [0.3, 0.4) is 0 Å². The number of anilines is 1. The predicted molar refractivity (Wildman–Crippen MR) is 119 cm³/mol. The van der Waals surface area contributed by atoms with Crippen molar-refractivity contribution in [3.05, 3.63) is 72.4 Å². The number of rotatable bonds is 4. The molecule has 32 heavy (non-hydrogen) atoms. The molecule has 0 bridgehead atoms. The van der Waals surface area contributed by atoms with Crippen LogP contribution in [0.25, 0.3) is 16.6 Å². The van der Waals surface area contributed by atoms with Gasteiger partial charge in [0.05, 0.1) is 29.1 Å². The molecule has 0 spiro atoms. The van der Waals surface area contributed by atoms with Crippen LogP contribution in [-0.4, -0.2) is 48.5 Å². The number of aliphatic hydroxyl groups is 1. The van der Waals surface area contributed by atoms with Gasteiger partial charge in [0.15, 0.2) is 0 Å². The van der Waals surface area contributed by atoms with Crippen LogP contribution in [0, 0.1) is 11.3 Å². The second kappa shape index (κ2) is 7.94. The van der Waals surface area contributed by atoms with Gasteiger partial charge < -0.3 is 15.1 Å². The highest BCUT2D eigenvalue weighted by Crippen LogP contribution is 2.32. The topological polar surface area (TPSA) is 111 Å². The molecule has 0 atom stereocenters. The Morgan fingerprint density at radius 1 is 1.09 bits per heavy atom. The molecular formula is C24H22N6O2. The first-order chi connectivity index (χ1) is 15.5. The monoisotopic (exact) mass is 426 g/mol. The fraction of sp³-hybridized carbons (Fsp3) is 0.250. The number of pyridine rings is 3. The summed E-state index contributed by atoms with van der Waals surface area (Å²) in [5.41, 5.74) is 2.70. The van der Waals surface area contributed by atoms with Crippen LogP contribution in [-0.2, 0) is 6.42 Å². The average Bonchev–Trinajstić information content (AvgIpc) is 3.22. The summed E-state index contributed by atoms with van der Waals surface area (Å²) in [6.45, 7) is 1.40. The molecule has 1 fully saturated rings. The molecule has 0 aliphatic carbocycles. The standard InChI is InChI=1S/C24H22N6O2/c25-13-18-15-28-30-16-20(31)11-21(23(18)30)17-4-5-22(27-14-17)29-9-6-24(32,7-10-29)12-19-3-1-2-8-26-19/h1-5,8,11,14-16,31-32H,6-7,9-10,12H2. The van der Waals surface area contributed by atoms with Gasteiger partial charge in [-0.05, 0) is 43.2 Å². The maximum atomic E-state index is 11.0. The molecule has 0 radical (unpaired) electrons. The van der Waals surface area contributed by atoms with E-state index in [1.807, 2.05) is 30.3 Å². The molecule has 1 aliphatic heterocycles. The zero-order chi connectivity index (χ0) is 22.1. The van der Waals surface area contributed by atoms with Gasteiger partial charge in [-0.25, -0.2) is 9.50 Å². The van der Waals surface area contributed by atoms with Gasteiger partial charge >= 0.3 is 0 Å². The van der Waals surface area contributed by atoms with Crippen LogP contribution in [0.5, 0.6) is 5.75 Å². The van der Waals surface area contributed by atoms with E-state index in [1.165, 1.54) is 16.9 Å². The molecule has 160 valence electrons. The van der Waals surface area contributed by atoms with Crippen molar-refractivity contribution < 1.29 is 10.2 Å². The van der Waals surface area contributed by atoms with E-state index in [0.717, 1.165) is 17.1 Å². The molecule has 1 aliphatic rings. The Balaban J connectivity index is 1.34. The van der Waals surface area contributed by atoms with Gasteiger partial charge in [-0.15, -0.1) is 0 Å². The Morgan fingerprint density at radius 2 is 1.94 bits per heavy atom. The number of piperidine rings is 1. The van der Waals surface area contributed by atoms with Gasteiger partial charge in [-0.3, -0.25) is 4.98 Å². The molecule has 0 amide bonds. The molecule has 1 saturated heterocycles. The van der Waals surface area contributed by atoms with Crippen LogP contribution in [0.4, 0.5) is 5.82 Å². The summed E-state index contributed by atoms with van der Waals surface area (Å²) < 4.78 is 1.50. The average molecular weight is 426 g/mol. The smallest absolute Gasteiger partial charge is 0.134 e. The summed E-state index contributed by atoms with van der Waals surface area (Å²) in [5, 5.41) is 34.6. The SMILES string of the molecule is N#Cc1cnn2cc(O)cc(-c3ccc(N4CCC(O)(Cc5ccccn5)CC4)nc3)c12. The number of hydrogen-bond acceptors (Lipinski definition) is 7. The van der Waals surface area contributed by atoms with E-state index in [0.29, 0.717) is 49.0 Å². The molecule has 4 aromatic rings. The summed E-state index contributed by atoms with van der Waals surface area (Å²) >= 11 is 0. The zero-order valence-electron chi connectivity index (χ0n) is 17.4. The lowest BCUT2D eigenvalue weighted by Crippen LogP contribution is -2.46. The van der Waals surface area contributed by atoms with Crippen molar-refractivity contribution in [2.45, 2.75) is 24.9 Å². The van der Waals surface area contributed by atoms with Crippen LogP contribution in [0.15, 0.2) is 61.2 Å². The lowest BCUT2D eigenvalue weighted by Gasteiger charge is -2.38. The third-order valence-corrected chi connectivity index (χ3v) is 6.03. The van der Waals surface area contributed by atoms with Crippen LogP contribution in [0.2, 0.25) is 0 Å². The van der Waals surface area contributed by atoms with Gasteiger partial charge in [-0.1, -0.05) is 6.07 Å². The third-order valence-electron chi connectivity index (χ3n) is 6.03. The first-order valence-electron chi connectivity index (χ1n) is 10.5. The highest BCUT2D eigenvalue weighted by atomic mass is 16.3. The summed E-state index contributed by atoms with van der Waals surface area (Å²) in [4.78, 5) is 11.1. The maximum Gasteiger partial charge on any atom is 0.134 e. The van der Waals surface area contributed by atoms with E-state index in [-0.39, 0.29) is 5.75 Å². The Kier molecular flexibility index (Phi) is 4.96. The van der Waals surface area contributed by atoms with Crippen molar-refractivity contribution in [2.24, 2.45) is 0 Å². The minimum Gasteiger partial charge on any atom is -0.506 e. The molecule has 5 heterocycles. The lowest BCUT2D eigenvalue weighted by molar-refractivity contribution is 0.0156. The number of fused-ring (bicyclic) bond motifs is 1. The van der Waals surface area contributed by atoms with Crippen LogP contribution < -0.4 is 4.90 Å². The largest absolute Gasteiger partial charge is 0.506 e. The fourth-order valence-corrected chi connectivity index (χ4v) is 4.31. The van der Waals surface area contributed by atoms with Gasteiger partial charge in [0.25, 0.3) is 0 Å².